The molecule has 0 saturated carbocycles. The summed E-state index contributed by atoms with van der Waals surface area (Å²) < 4.78 is 5.16. The minimum Gasteiger partial charge on any atom is -0.481 e. The summed E-state index contributed by atoms with van der Waals surface area (Å²) in [6.07, 6.45) is 2.75. The molecule has 0 aromatic carbocycles. The molecule has 0 aliphatic carbocycles. The highest BCUT2D eigenvalue weighted by atomic mass is 16.5. The predicted octanol–water partition coefficient (Wildman–Crippen LogP) is 4.26. The smallest absolute Gasteiger partial charge is 0.215 e. The Labute approximate surface area is 119 Å². The number of nitrogens with zero attached hydrogens (tertiary/aromatic N) is 3. The molecule has 4 nitrogen and oxygen atoms in total. The van der Waals surface area contributed by atoms with Crippen LogP contribution in [-0.2, 0) is 0 Å². The van der Waals surface area contributed by atoms with E-state index in [0.717, 1.165) is 23.2 Å². The van der Waals surface area contributed by atoms with Gasteiger partial charge in [0.1, 0.15) is 0 Å². The molecule has 2 aromatic rings. The fraction of sp³-hybridized carbons (Fsp3) is 0.438. The monoisotopic (exact) mass is 271 g/mol. The van der Waals surface area contributed by atoms with Gasteiger partial charge in [0.2, 0.25) is 5.88 Å². The molecule has 0 saturated heterocycles. The number of hydrogen-bond donors (Lipinski definition) is 0. The van der Waals surface area contributed by atoms with Crippen molar-refractivity contribution in [3.05, 3.63) is 23.9 Å². The fourth-order valence-electron chi connectivity index (χ4n) is 2.16. The van der Waals surface area contributed by atoms with Crippen molar-refractivity contribution >= 4 is 22.4 Å². The molecule has 2 heterocycles. The molecule has 0 atom stereocenters. The Morgan fingerprint density at radius 2 is 2.10 bits per heavy atom. The summed E-state index contributed by atoms with van der Waals surface area (Å²) in [6.45, 7) is 8.48. The van der Waals surface area contributed by atoms with E-state index in [2.05, 4.69) is 35.7 Å². The number of methoxy groups -OCH3 is 1. The van der Waals surface area contributed by atoms with Gasteiger partial charge in [-0.3, -0.25) is 4.99 Å². The average Bonchev–Trinajstić information content (AvgIpc) is 2.45. The lowest BCUT2D eigenvalue weighted by Gasteiger charge is -2.13. The first-order valence-electron chi connectivity index (χ1n) is 6.94. The van der Waals surface area contributed by atoms with Crippen LogP contribution in [0.3, 0.4) is 0 Å². The fourth-order valence-corrected chi connectivity index (χ4v) is 2.16. The number of aromatic nitrogens is 2. The number of fused-ring (bicyclic) bond motifs is 1. The van der Waals surface area contributed by atoms with Crippen molar-refractivity contribution in [2.75, 3.05) is 7.11 Å². The van der Waals surface area contributed by atoms with E-state index in [1.807, 2.05) is 25.3 Å². The number of hydrogen-bond acceptors (Lipinski definition) is 4. The van der Waals surface area contributed by atoms with Gasteiger partial charge in [-0.1, -0.05) is 20.8 Å². The van der Waals surface area contributed by atoms with E-state index in [-0.39, 0.29) is 0 Å². The maximum Gasteiger partial charge on any atom is 0.215 e. The van der Waals surface area contributed by atoms with E-state index in [4.69, 9.17) is 4.74 Å². The Balaban J connectivity index is 2.69. The van der Waals surface area contributed by atoms with Gasteiger partial charge in [0.15, 0.2) is 5.65 Å². The summed E-state index contributed by atoms with van der Waals surface area (Å²) in [6, 6.07) is 3.89. The summed E-state index contributed by atoms with van der Waals surface area (Å²) in [5.41, 5.74) is 3.95. The third kappa shape index (κ3) is 2.79. The second-order valence-electron chi connectivity index (χ2n) is 5.14. The first-order valence-corrected chi connectivity index (χ1v) is 6.94. The lowest BCUT2D eigenvalue weighted by Crippen LogP contribution is -1.97. The zero-order valence-electron chi connectivity index (χ0n) is 12.8. The summed E-state index contributed by atoms with van der Waals surface area (Å²) in [7, 11) is 1.61. The van der Waals surface area contributed by atoms with Crippen LogP contribution in [0.4, 0.5) is 5.69 Å². The van der Waals surface area contributed by atoms with Crippen molar-refractivity contribution in [1.29, 1.82) is 0 Å². The van der Waals surface area contributed by atoms with E-state index in [1.165, 1.54) is 5.56 Å². The summed E-state index contributed by atoms with van der Waals surface area (Å²) >= 11 is 0. The van der Waals surface area contributed by atoms with E-state index < -0.39 is 0 Å². The predicted molar refractivity (Wildman–Crippen MR) is 83.2 cm³/mol. The van der Waals surface area contributed by atoms with Gasteiger partial charge >= 0.3 is 0 Å². The van der Waals surface area contributed by atoms with Gasteiger partial charge in [0, 0.05) is 17.2 Å². The maximum atomic E-state index is 5.16. The maximum absolute atomic E-state index is 5.16. The first-order chi connectivity index (χ1) is 9.56. The second-order valence-corrected chi connectivity index (χ2v) is 5.14. The van der Waals surface area contributed by atoms with E-state index in [1.54, 1.807) is 7.11 Å². The van der Waals surface area contributed by atoms with Gasteiger partial charge < -0.3 is 4.74 Å². The molecule has 2 rings (SSSR count). The zero-order valence-corrected chi connectivity index (χ0v) is 12.8. The number of ether oxygens (including phenoxy) is 1. The van der Waals surface area contributed by atoms with Crippen molar-refractivity contribution in [3.8, 4) is 5.88 Å². The van der Waals surface area contributed by atoms with E-state index in [9.17, 15) is 0 Å². The van der Waals surface area contributed by atoms with Crippen molar-refractivity contribution in [3.63, 3.8) is 0 Å². The summed E-state index contributed by atoms with van der Waals surface area (Å²) in [5, 5.41) is 1.05. The molecule has 0 N–H and O–H groups in total. The van der Waals surface area contributed by atoms with Gasteiger partial charge in [0.05, 0.1) is 19.0 Å². The number of pyridine rings is 2. The van der Waals surface area contributed by atoms with E-state index >= 15 is 0 Å². The third-order valence-electron chi connectivity index (χ3n) is 3.33. The lowest BCUT2D eigenvalue weighted by molar-refractivity contribution is 0.399. The Kier molecular flexibility index (Phi) is 4.32. The lowest BCUT2D eigenvalue weighted by atomic mass is 9.98. The van der Waals surface area contributed by atoms with Crippen LogP contribution in [0.2, 0.25) is 0 Å². The molecule has 0 amide bonds. The van der Waals surface area contributed by atoms with Crippen LogP contribution < -0.4 is 4.74 Å². The van der Waals surface area contributed by atoms with E-state index in [0.29, 0.717) is 17.4 Å². The Bertz CT molecular complexity index is 647. The van der Waals surface area contributed by atoms with Crippen LogP contribution in [0.25, 0.3) is 11.0 Å². The van der Waals surface area contributed by atoms with Crippen LogP contribution in [-0.4, -0.2) is 22.8 Å². The van der Waals surface area contributed by atoms with Gasteiger partial charge in [-0.2, -0.15) is 4.98 Å². The molecule has 0 aliphatic rings. The standard InChI is InChI=1S/C16H21N3O/c1-6-11(4)18-13-9-17-16-12(15(13)10(2)3)7-8-14(19-16)20-5/h7-10H,6H2,1-5H3/b18-11+. The van der Waals surface area contributed by atoms with Gasteiger partial charge in [-0.25, -0.2) is 4.98 Å². The normalized spacial score (nSPS) is 12.2. The van der Waals surface area contributed by atoms with Gasteiger partial charge in [0.25, 0.3) is 0 Å². The number of rotatable bonds is 4. The highest BCUT2D eigenvalue weighted by Crippen LogP contribution is 2.33. The number of aliphatic imine (C=N–C) groups is 1. The van der Waals surface area contributed by atoms with Crippen LogP contribution in [0.5, 0.6) is 5.88 Å². The third-order valence-corrected chi connectivity index (χ3v) is 3.33. The van der Waals surface area contributed by atoms with Crippen molar-refractivity contribution < 1.29 is 4.74 Å². The molecule has 0 bridgehead atoms. The Morgan fingerprint density at radius 3 is 2.70 bits per heavy atom. The molecular formula is C16H21N3O. The SMILES string of the molecule is CC/C(C)=N/c1cnc2nc(OC)ccc2c1C(C)C. The molecule has 0 aliphatic heterocycles. The van der Waals surface area contributed by atoms with Crippen molar-refractivity contribution in [2.45, 2.75) is 40.0 Å². The highest BCUT2D eigenvalue weighted by molar-refractivity contribution is 5.89. The molecule has 20 heavy (non-hydrogen) atoms. The summed E-state index contributed by atoms with van der Waals surface area (Å²) in [5.74, 6) is 0.944. The van der Waals surface area contributed by atoms with Crippen LogP contribution in [0.1, 0.15) is 45.6 Å². The van der Waals surface area contributed by atoms with Crippen LogP contribution >= 0.6 is 0 Å². The van der Waals surface area contributed by atoms with Gasteiger partial charge in [-0.15, -0.1) is 0 Å². The molecular weight excluding hydrogens is 250 g/mol. The average molecular weight is 271 g/mol. The molecule has 2 aromatic heterocycles. The molecule has 0 spiro atoms. The van der Waals surface area contributed by atoms with Crippen molar-refractivity contribution in [2.24, 2.45) is 4.99 Å². The second kappa shape index (κ2) is 5.99. The quantitative estimate of drug-likeness (QED) is 0.780. The first kappa shape index (κ1) is 14.4. The minimum absolute atomic E-state index is 0.360. The topological polar surface area (TPSA) is 47.4 Å². The van der Waals surface area contributed by atoms with Crippen LogP contribution in [0.15, 0.2) is 23.3 Å². The van der Waals surface area contributed by atoms with Crippen molar-refractivity contribution in [1.82, 2.24) is 9.97 Å². The minimum atomic E-state index is 0.360. The Morgan fingerprint density at radius 1 is 1.35 bits per heavy atom. The molecule has 0 radical (unpaired) electrons. The Hall–Kier alpha value is -1.97. The summed E-state index contributed by atoms with van der Waals surface area (Å²) in [4.78, 5) is 13.5. The molecule has 4 heteroatoms. The molecule has 106 valence electrons. The zero-order chi connectivity index (χ0) is 14.7. The largest absolute Gasteiger partial charge is 0.481 e. The molecule has 0 unspecified atom stereocenters. The highest BCUT2D eigenvalue weighted by Gasteiger charge is 2.13. The van der Waals surface area contributed by atoms with Gasteiger partial charge in [-0.05, 0) is 30.9 Å². The van der Waals surface area contributed by atoms with Crippen LogP contribution in [0, 0.1) is 0 Å². The molecule has 0 fully saturated rings.